The summed E-state index contributed by atoms with van der Waals surface area (Å²) in [7, 11) is 0. The number of rotatable bonds is 5. The van der Waals surface area contributed by atoms with Crippen LogP contribution in [0.5, 0.6) is 0 Å². The number of aromatic nitrogens is 4. The van der Waals surface area contributed by atoms with E-state index in [1.54, 1.807) is 26.8 Å². The molecule has 0 bridgehead atoms. The third-order valence-electron chi connectivity index (χ3n) is 2.75. The normalized spacial score (nSPS) is 10.9. The molecule has 2 aromatic heterocycles. The van der Waals surface area contributed by atoms with Crippen LogP contribution < -0.4 is 0 Å². The summed E-state index contributed by atoms with van der Waals surface area (Å²) in [5.74, 6) is -2.27. The van der Waals surface area contributed by atoms with E-state index in [-0.39, 0.29) is 13.2 Å². The number of ether oxygens (including phenoxy) is 2. The zero-order chi connectivity index (χ0) is 15.4. The van der Waals surface area contributed by atoms with E-state index in [2.05, 4.69) is 15.1 Å². The van der Waals surface area contributed by atoms with Crippen molar-refractivity contribution in [3.8, 4) is 0 Å². The van der Waals surface area contributed by atoms with Gasteiger partial charge in [0.1, 0.15) is 6.33 Å². The van der Waals surface area contributed by atoms with Gasteiger partial charge in [0, 0.05) is 5.69 Å². The number of hydrogen-bond acceptors (Lipinski definition) is 7. The van der Waals surface area contributed by atoms with Crippen molar-refractivity contribution in [3.63, 3.8) is 0 Å². The minimum absolute atomic E-state index is 0.166. The average Bonchev–Trinajstić information content (AvgIpc) is 2.87. The van der Waals surface area contributed by atoms with Gasteiger partial charge < -0.3 is 9.47 Å². The molecule has 0 spiro atoms. The lowest BCUT2D eigenvalue weighted by molar-refractivity contribution is -0.157. The first-order chi connectivity index (χ1) is 10.1. The fraction of sp³-hybridized carbons (Fsp3) is 0.462. The number of hydrogen-bond donors (Lipinski definition) is 0. The van der Waals surface area contributed by atoms with Crippen molar-refractivity contribution in [1.29, 1.82) is 0 Å². The van der Waals surface area contributed by atoms with Gasteiger partial charge in [-0.25, -0.2) is 4.98 Å². The maximum atomic E-state index is 12.1. The van der Waals surface area contributed by atoms with Gasteiger partial charge in [-0.05, 0) is 26.8 Å². The Morgan fingerprint density at radius 1 is 1.24 bits per heavy atom. The molecule has 0 unspecified atom stereocenters. The van der Waals surface area contributed by atoms with Gasteiger partial charge in [0.05, 0.1) is 18.9 Å². The Labute approximate surface area is 121 Å². The summed E-state index contributed by atoms with van der Waals surface area (Å²) in [4.78, 5) is 32.4. The largest absolute Gasteiger partial charge is 0.465 e. The second-order valence-electron chi connectivity index (χ2n) is 4.23. The monoisotopic (exact) mass is 292 g/mol. The molecular formula is C13H16N4O4. The predicted octanol–water partition coefficient (Wildman–Crippen LogP) is 0.643. The molecule has 0 N–H and O–H groups in total. The van der Waals surface area contributed by atoms with E-state index in [4.69, 9.17) is 9.47 Å². The van der Waals surface area contributed by atoms with Gasteiger partial charge in [0.25, 0.3) is 5.78 Å². The van der Waals surface area contributed by atoms with E-state index >= 15 is 0 Å². The van der Waals surface area contributed by atoms with Gasteiger partial charge in [-0.2, -0.15) is 14.6 Å². The lowest BCUT2D eigenvalue weighted by Gasteiger charge is -2.15. The molecule has 0 fully saturated rings. The highest BCUT2D eigenvalue weighted by molar-refractivity contribution is 6.00. The molecule has 0 amide bonds. The summed E-state index contributed by atoms with van der Waals surface area (Å²) in [6, 6.07) is 1.60. The number of carbonyl (C=O) groups excluding carboxylic acids is 2. The summed E-state index contributed by atoms with van der Waals surface area (Å²) >= 11 is 0. The minimum Gasteiger partial charge on any atom is -0.465 e. The summed E-state index contributed by atoms with van der Waals surface area (Å²) in [5, 5.41) is 3.99. The van der Waals surface area contributed by atoms with Gasteiger partial charge >= 0.3 is 11.9 Å². The molecule has 0 saturated heterocycles. The van der Waals surface area contributed by atoms with Gasteiger partial charge in [-0.15, -0.1) is 0 Å². The number of esters is 2. The van der Waals surface area contributed by atoms with Crippen molar-refractivity contribution in [2.75, 3.05) is 13.2 Å². The molecule has 2 aromatic rings. The van der Waals surface area contributed by atoms with Crippen LogP contribution >= 0.6 is 0 Å². The second-order valence-corrected chi connectivity index (χ2v) is 4.23. The lowest BCUT2D eigenvalue weighted by atomic mass is 10.0. The molecule has 0 radical (unpaired) electrons. The molecule has 0 aromatic carbocycles. The van der Waals surface area contributed by atoms with Crippen molar-refractivity contribution >= 4 is 17.7 Å². The van der Waals surface area contributed by atoms with Gasteiger partial charge in [0.2, 0.25) is 0 Å². The van der Waals surface area contributed by atoms with E-state index in [0.717, 1.165) is 0 Å². The van der Waals surface area contributed by atoms with Crippen LogP contribution in [-0.2, 0) is 19.1 Å². The van der Waals surface area contributed by atoms with Crippen molar-refractivity contribution in [2.24, 2.45) is 0 Å². The van der Waals surface area contributed by atoms with Crippen LogP contribution in [0.1, 0.15) is 31.2 Å². The maximum absolute atomic E-state index is 12.1. The molecular weight excluding hydrogens is 276 g/mol. The zero-order valence-corrected chi connectivity index (χ0v) is 12.1. The van der Waals surface area contributed by atoms with Crippen molar-refractivity contribution in [1.82, 2.24) is 19.6 Å². The first kappa shape index (κ1) is 14.9. The first-order valence-electron chi connectivity index (χ1n) is 6.59. The van der Waals surface area contributed by atoms with Gasteiger partial charge in [0.15, 0.2) is 5.92 Å². The molecule has 0 aliphatic carbocycles. The molecule has 0 aliphatic rings. The Hall–Kier alpha value is -2.51. The quantitative estimate of drug-likeness (QED) is 0.589. The van der Waals surface area contributed by atoms with E-state index < -0.39 is 17.9 Å². The molecule has 112 valence electrons. The Morgan fingerprint density at radius 2 is 1.86 bits per heavy atom. The standard InChI is InChI=1S/C13H16N4O4/c1-4-20-11(18)10(12(19)21-5-2)9-6-8(3)16-13-14-7-15-17(9)13/h6-7,10H,4-5H2,1-3H3. The first-order valence-corrected chi connectivity index (χ1v) is 6.59. The highest BCUT2D eigenvalue weighted by atomic mass is 16.6. The van der Waals surface area contributed by atoms with Crippen LogP contribution in [0.3, 0.4) is 0 Å². The summed E-state index contributed by atoms with van der Waals surface area (Å²) < 4.78 is 11.3. The predicted molar refractivity (Wildman–Crippen MR) is 71.5 cm³/mol. The van der Waals surface area contributed by atoms with Gasteiger partial charge in [-0.1, -0.05) is 0 Å². The molecule has 8 nitrogen and oxygen atoms in total. The van der Waals surface area contributed by atoms with Crippen LogP contribution in [0.4, 0.5) is 0 Å². The average molecular weight is 292 g/mol. The van der Waals surface area contributed by atoms with Crippen LogP contribution in [-0.4, -0.2) is 44.7 Å². The molecule has 8 heteroatoms. The van der Waals surface area contributed by atoms with E-state index in [9.17, 15) is 9.59 Å². The fourth-order valence-corrected chi connectivity index (χ4v) is 1.95. The van der Waals surface area contributed by atoms with Crippen LogP contribution in [0.25, 0.3) is 5.78 Å². The molecule has 2 heterocycles. The Morgan fingerprint density at radius 3 is 2.43 bits per heavy atom. The molecule has 21 heavy (non-hydrogen) atoms. The lowest BCUT2D eigenvalue weighted by Crippen LogP contribution is -2.28. The smallest absolute Gasteiger partial charge is 0.326 e. The Kier molecular flexibility index (Phi) is 4.46. The number of aryl methyl sites for hydroxylation is 1. The molecule has 2 rings (SSSR count). The molecule has 0 saturated carbocycles. The third-order valence-corrected chi connectivity index (χ3v) is 2.75. The second kappa shape index (κ2) is 6.29. The summed E-state index contributed by atoms with van der Waals surface area (Å²) in [6.07, 6.45) is 1.30. The highest BCUT2D eigenvalue weighted by Gasteiger charge is 2.34. The van der Waals surface area contributed by atoms with Gasteiger partial charge in [-0.3, -0.25) is 9.59 Å². The van der Waals surface area contributed by atoms with E-state index in [1.807, 2.05) is 0 Å². The third kappa shape index (κ3) is 2.99. The topological polar surface area (TPSA) is 95.7 Å². The Balaban J connectivity index is 2.54. The van der Waals surface area contributed by atoms with Crippen LogP contribution in [0, 0.1) is 6.92 Å². The molecule has 0 aliphatic heterocycles. The number of carbonyl (C=O) groups is 2. The fourth-order valence-electron chi connectivity index (χ4n) is 1.95. The van der Waals surface area contributed by atoms with Crippen LogP contribution in [0.2, 0.25) is 0 Å². The summed E-state index contributed by atoms with van der Waals surface area (Å²) in [6.45, 7) is 5.41. The minimum atomic E-state index is -1.21. The number of fused-ring (bicyclic) bond motifs is 1. The zero-order valence-electron chi connectivity index (χ0n) is 12.1. The molecule has 0 atom stereocenters. The van der Waals surface area contributed by atoms with Crippen molar-refractivity contribution < 1.29 is 19.1 Å². The van der Waals surface area contributed by atoms with Crippen molar-refractivity contribution in [2.45, 2.75) is 26.7 Å². The van der Waals surface area contributed by atoms with E-state index in [0.29, 0.717) is 17.2 Å². The summed E-state index contributed by atoms with van der Waals surface area (Å²) in [5.41, 5.74) is 0.941. The number of nitrogens with zero attached hydrogens (tertiary/aromatic N) is 4. The van der Waals surface area contributed by atoms with E-state index in [1.165, 1.54) is 10.8 Å². The SMILES string of the molecule is CCOC(=O)C(C(=O)OCC)c1cc(C)nc2ncnn12. The van der Waals surface area contributed by atoms with Crippen LogP contribution in [0.15, 0.2) is 12.4 Å². The highest BCUT2D eigenvalue weighted by Crippen LogP contribution is 2.20. The Bertz CT molecular complexity index is 649. The maximum Gasteiger partial charge on any atom is 0.326 e. The van der Waals surface area contributed by atoms with Crippen molar-refractivity contribution in [3.05, 3.63) is 23.8 Å².